The van der Waals surface area contributed by atoms with Crippen molar-refractivity contribution in [3.8, 4) is 11.5 Å². The number of benzene rings is 2. The molecule has 2 aliphatic carbocycles. The van der Waals surface area contributed by atoms with Crippen LogP contribution in [0.4, 0.5) is 0 Å². The van der Waals surface area contributed by atoms with E-state index >= 15 is 0 Å². The van der Waals surface area contributed by atoms with E-state index in [-0.39, 0.29) is 77.3 Å². The van der Waals surface area contributed by atoms with Crippen LogP contribution in [-0.4, -0.2) is 137 Å². The number of methoxy groups -OCH3 is 1. The molecule has 5 aliphatic rings. The average molecular weight is 798 g/mol. The Morgan fingerprint density at radius 1 is 0.895 bits per heavy atom. The standard InChI is InChI=1S/C41H51NO15/c1-8-41(50)16-27(32-21(34(41)40(49)51-7)12-22-33(37(32)48)36(47)31-20(35(22)46)10-9-11-24(31)43)55-28-13-23(42(5)6)38(18(3)53-28)56-30-15-26(45)39(19(4)54-30)57-29-14-25(44)17(2)52-29/h9-12,17-19,23,26-30,34,38-39,43,45,48,50H,8,13-16H2,1-7H3/t17?,18?,19?,23?,26?,27-,28?,29?,30?,34-,38?,39?,41+/m0/s1. The average Bonchev–Trinajstić information content (AvgIpc) is 3.47. The minimum atomic E-state index is -1.76. The lowest BCUT2D eigenvalue weighted by Crippen LogP contribution is -2.58. The van der Waals surface area contributed by atoms with Crippen molar-refractivity contribution in [2.75, 3.05) is 21.2 Å². The Balaban J connectivity index is 1.15. The summed E-state index contributed by atoms with van der Waals surface area (Å²) in [6, 6.07) is 5.09. The Labute approximate surface area is 329 Å². The number of aromatic hydroxyl groups is 2. The van der Waals surface area contributed by atoms with E-state index in [2.05, 4.69) is 0 Å². The molecule has 7 rings (SSSR count). The first-order valence-corrected chi connectivity index (χ1v) is 19.4. The number of phenols is 2. The summed E-state index contributed by atoms with van der Waals surface area (Å²) in [5.41, 5.74) is -2.51. The van der Waals surface area contributed by atoms with Crippen LogP contribution >= 0.6 is 0 Å². The molecule has 3 fully saturated rings. The smallest absolute Gasteiger partial charge is 0.316 e. The van der Waals surface area contributed by atoms with Crippen molar-refractivity contribution in [1.29, 1.82) is 0 Å². The molecule has 0 radical (unpaired) electrons. The number of ketones is 3. The van der Waals surface area contributed by atoms with Gasteiger partial charge in [0.1, 0.15) is 35.7 Å². The van der Waals surface area contributed by atoms with E-state index in [0.29, 0.717) is 0 Å². The van der Waals surface area contributed by atoms with Gasteiger partial charge in [-0.3, -0.25) is 19.2 Å². The zero-order valence-corrected chi connectivity index (χ0v) is 33.0. The van der Waals surface area contributed by atoms with Gasteiger partial charge in [-0.2, -0.15) is 0 Å². The summed E-state index contributed by atoms with van der Waals surface area (Å²) in [5, 5.41) is 45.8. The summed E-state index contributed by atoms with van der Waals surface area (Å²) >= 11 is 0. The third-order valence-electron chi connectivity index (χ3n) is 12.2. The van der Waals surface area contributed by atoms with Crippen LogP contribution in [0.3, 0.4) is 0 Å². The van der Waals surface area contributed by atoms with E-state index < -0.39 is 102 Å². The summed E-state index contributed by atoms with van der Waals surface area (Å²) in [7, 11) is 4.90. The Hall–Kier alpha value is -3.84. The number of nitrogens with zero attached hydrogens (tertiary/aromatic N) is 1. The number of fused-ring (bicyclic) bond motifs is 3. The van der Waals surface area contributed by atoms with Gasteiger partial charge in [0, 0.05) is 42.0 Å². The van der Waals surface area contributed by atoms with Gasteiger partial charge in [-0.05, 0) is 59.0 Å². The maximum atomic E-state index is 13.9. The molecule has 0 amide bonds. The van der Waals surface area contributed by atoms with Crippen LogP contribution in [0, 0.1) is 0 Å². The van der Waals surface area contributed by atoms with Gasteiger partial charge in [-0.25, -0.2) is 0 Å². The number of esters is 1. The molecule has 0 spiro atoms. The molecule has 0 aromatic heterocycles. The SMILES string of the molecule is CC[C@@]1(O)C[C@H](OC2CC(N(C)C)C(OC3CC(O)C(OC4CC(=O)C(C)O4)C(C)O3)C(C)O2)c2c(cc3c(c2O)C(=O)c2c(O)cccc2C3=O)[C@H]1C(=O)OC. The van der Waals surface area contributed by atoms with Crippen LogP contribution < -0.4 is 0 Å². The second-order valence-electron chi connectivity index (χ2n) is 15.9. The molecule has 0 bridgehead atoms. The highest BCUT2D eigenvalue weighted by Gasteiger charge is 2.53. The summed E-state index contributed by atoms with van der Waals surface area (Å²) < 4.78 is 42.3. The van der Waals surface area contributed by atoms with Gasteiger partial charge in [0.05, 0.1) is 54.7 Å². The Morgan fingerprint density at radius 2 is 1.56 bits per heavy atom. The number of aliphatic hydroxyl groups is 2. The minimum Gasteiger partial charge on any atom is -0.507 e. The first kappa shape index (κ1) is 41.3. The molecule has 3 aliphatic heterocycles. The number of Topliss-reactive ketones (excluding diaryl/α,β-unsaturated/α-hetero) is 1. The zero-order valence-electron chi connectivity index (χ0n) is 33.0. The Bertz CT molecular complexity index is 1920. The third-order valence-corrected chi connectivity index (χ3v) is 12.2. The summed E-state index contributed by atoms with van der Waals surface area (Å²) in [6.45, 7) is 6.90. The van der Waals surface area contributed by atoms with Crippen molar-refractivity contribution in [1.82, 2.24) is 4.90 Å². The zero-order chi connectivity index (χ0) is 41.2. The molecule has 4 N–H and O–H groups in total. The summed E-state index contributed by atoms with van der Waals surface area (Å²) in [4.78, 5) is 55.0. The molecule has 3 saturated heterocycles. The van der Waals surface area contributed by atoms with Gasteiger partial charge in [-0.1, -0.05) is 19.1 Å². The molecule has 16 heteroatoms. The number of rotatable bonds is 9. The first-order valence-electron chi connectivity index (χ1n) is 19.4. The van der Waals surface area contributed by atoms with Gasteiger partial charge in [-0.15, -0.1) is 0 Å². The van der Waals surface area contributed by atoms with Crippen molar-refractivity contribution in [3.63, 3.8) is 0 Å². The minimum absolute atomic E-state index is 0.0236. The lowest BCUT2D eigenvalue weighted by molar-refractivity contribution is -0.321. The van der Waals surface area contributed by atoms with Crippen molar-refractivity contribution in [3.05, 3.63) is 57.6 Å². The number of aliphatic hydroxyl groups excluding tert-OH is 1. The van der Waals surface area contributed by atoms with E-state index in [9.17, 15) is 39.6 Å². The Kier molecular flexibility index (Phi) is 11.4. The first-order chi connectivity index (χ1) is 27.0. The predicted molar refractivity (Wildman–Crippen MR) is 197 cm³/mol. The second-order valence-corrected chi connectivity index (χ2v) is 15.9. The highest BCUT2D eigenvalue weighted by atomic mass is 16.7. The summed E-state index contributed by atoms with van der Waals surface area (Å²) in [5.74, 6) is -4.68. The van der Waals surface area contributed by atoms with E-state index in [4.69, 9.17) is 33.2 Å². The van der Waals surface area contributed by atoms with Crippen LogP contribution in [0.1, 0.15) is 115 Å². The van der Waals surface area contributed by atoms with E-state index in [1.807, 2.05) is 19.0 Å². The van der Waals surface area contributed by atoms with Gasteiger partial charge in [0.15, 0.2) is 30.4 Å². The van der Waals surface area contributed by atoms with Crippen LogP contribution in [0.5, 0.6) is 11.5 Å². The molecule has 310 valence electrons. The quantitative estimate of drug-likeness (QED) is 0.229. The molecule has 13 atom stereocenters. The van der Waals surface area contributed by atoms with Gasteiger partial charge in [0.25, 0.3) is 0 Å². The number of likely N-dealkylation sites (N-methyl/N-ethyl adjacent to an activating group) is 1. The molecule has 16 nitrogen and oxygen atoms in total. The van der Waals surface area contributed by atoms with Crippen molar-refractivity contribution < 1.29 is 72.8 Å². The normalized spacial score (nSPS) is 36.5. The molecule has 2 aromatic carbocycles. The van der Waals surface area contributed by atoms with Crippen molar-refractivity contribution >= 4 is 23.3 Å². The number of carbonyl (C=O) groups is 4. The van der Waals surface area contributed by atoms with Crippen LogP contribution in [0.25, 0.3) is 0 Å². The molecule has 0 saturated carbocycles. The predicted octanol–water partition coefficient (Wildman–Crippen LogP) is 2.77. The van der Waals surface area contributed by atoms with E-state index in [1.54, 1.807) is 27.7 Å². The fourth-order valence-electron chi connectivity index (χ4n) is 9.10. The van der Waals surface area contributed by atoms with Crippen LogP contribution in [0.2, 0.25) is 0 Å². The third kappa shape index (κ3) is 7.29. The van der Waals surface area contributed by atoms with Crippen molar-refractivity contribution in [2.24, 2.45) is 0 Å². The van der Waals surface area contributed by atoms with Gasteiger partial charge >= 0.3 is 5.97 Å². The largest absolute Gasteiger partial charge is 0.507 e. The highest BCUT2D eigenvalue weighted by Crippen LogP contribution is 2.54. The lowest BCUT2D eigenvalue weighted by atomic mass is 9.67. The van der Waals surface area contributed by atoms with E-state index in [0.717, 1.165) is 0 Å². The maximum absolute atomic E-state index is 13.9. The number of phenolic OH excluding ortho intramolecular Hbond substituents is 2. The molecular formula is C41H51NO15. The molecule has 10 unspecified atom stereocenters. The number of hydrogen-bond donors (Lipinski definition) is 4. The van der Waals surface area contributed by atoms with Crippen LogP contribution in [0.15, 0.2) is 24.3 Å². The Morgan fingerprint density at radius 3 is 2.18 bits per heavy atom. The lowest BCUT2D eigenvalue weighted by Gasteiger charge is -2.48. The monoisotopic (exact) mass is 797 g/mol. The fourth-order valence-corrected chi connectivity index (χ4v) is 9.10. The fraction of sp³-hybridized carbons (Fsp3) is 0.610. The molecule has 3 heterocycles. The van der Waals surface area contributed by atoms with E-state index in [1.165, 1.54) is 31.4 Å². The van der Waals surface area contributed by atoms with Gasteiger partial charge < -0.3 is 58.5 Å². The molecule has 57 heavy (non-hydrogen) atoms. The highest BCUT2D eigenvalue weighted by molar-refractivity contribution is 6.30. The molecular weight excluding hydrogens is 746 g/mol. The van der Waals surface area contributed by atoms with Gasteiger partial charge in [0.2, 0.25) is 5.78 Å². The maximum Gasteiger partial charge on any atom is 0.316 e. The van der Waals surface area contributed by atoms with Crippen LogP contribution in [-0.2, 0) is 42.7 Å². The number of carbonyl (C=O) groups excluding carboxylic acids is 4. The van der Waals surface area contributed by atoms with Crippen molar-refractivity contribution in [2.45, 2.75) is 139 Å². The number of ether oxygens (including phenoxy) is 7. The topological polar surface area (TPSA) is 217 Å². The summed E-state index contributed by atoms with van der Waals surface area (Å²) in [6.07, 6.45) is -7.53. The second kappa shape index (κ2) is 15.7. The number of hydrogen-bond acceptors (Lipinski definition) is 16. The molecule has 2 aromatic rings.